The molecule has 0 spiro atoms. The van der Waals surface area contributed by atoms with Crippen molar-refractivity contribution >= 4 is 36.7 Å². The monoisotopic (exact) mass is 441 g/mol. The number of hydrogen-bond acceptors (Lipinski definition) is 12. The van der Waals surface area contributed by atoms with E-state index in [1.807, 2.05) is 0 Å². The first-order chi connectivity index (χ1) is 14.1. The number of imide groups is 1. The van der Waals surface area contributed by atoms with Gasteiger partial charge in [-0.3, -0.25) is 23.9 Å². The van der Waals surface area contributed by atoms with Crippen molar-refractivity contribution in [2.45, 2.75) is 24.5 Å². The number of imidazole rings is 1. The second-order valence-electron chi connectivity index (χ2n) is 6.35. The van der Waals surface area contributed by atoms with Gasteiger partial charge in [-0.2, -0.15) is 4.98 Å². The number of nitrogens with zero attached hydrogens (tertiary/aromatic N) is 4. The Bertz CT molecular complexity index is 1150. The third-order valence-electron chi connectivity index (χ3n) is 4.45. The second kappa shape index (κ2) is 7.17. The number of amides is 2. The molecule has 0 bridgehead atoms. The Morgan fingerprint density at radius 1 is 1.20 bits per heavy atom. The highest BCUT2D eigenvalue weighted by molar-refractivity contribution is 7.43. The molecule has 2 aromatic heterocycles. The van der Waals surface area contributed by atoms with Crippen molar-refractivity contribution in [3.63, 3.8) is 0 Å². The normalized spacial score (nSPS) is 27.0. The van der Waals surface area contributed by atoms with Gasteiger partial charge < -0.3 is 33.8 Å². The van der Waals surface area contributed by atoms with E-state index in [0.717, 1.165) is 23.0 Å². The number of H-pyrrole nitrogens is 1. The molecule has 1 fully saturated rings. The highest BCUT2D eigenvalue weighted by atomic mass is 31.2. The van der Waals surface area contributed by atoms with Gasteiger partial charge in [-0.05, 0) is 0 Å². The summed E-state index contributed by atoms with van der Waals surface area (Å²) in [6.45, 7) is -0.854. The minimum absolute atomic E-state index is 0.197. The van der Waals surface area contributed by atoms with Gasteiger partial charge in [0.15, 0.2) is 17.4 Å². The summed E-state index contributed by atoms with van der Waals surface area (Å²) in [5, 5.41) is 20.3. The van der Waals surface area contributed by atoms with Gasteiger partial charge in [0, 0.05) is 12.2 Å². The zero-order valence-corrected chi connectivity index (χ0v) is 15.5. The van der Waals surface area contributed by atoms with Crippen LogP contribution < -0.4 is 20.2 Å². The van der Waals surface area contributed by atoms with E-state index in [2.05, 4.69) is 19.5 Å². The molecule has 4 rings (SSSR count). The number of phosphoric ester groups is 1. The number of aromatic nitrogens is 4. The molecule has 4 atom stereocenters. The number of carbonyl (C=O) groups excluding carboxylic acids is 2. The molecular weight excluding hydrogens is 429 g/mol. The quantitative estimate of drug-likeness (QED) is 0.298. The summed E-state index contributed by atoms with van der Waals surface area (Å²) >= 11 is 0. The van der Waals surface area contributed by atoms with E-state index < -0.39 is 62.3 Å². The highest BCUT2D eigenvalue weighted by Gasteiger charge is 2.44. The first-order valence-corrected chi connectivity index (χ1v) is 9.74. The van der Waals surface area contributed by atoms with E-state index in [4.69, 9.17) is 4.74 Å². The molecule has 2 amide bonds. The van der Waals surface area contributed by atoms with Crippen molar-refractivity contribution in [3.8, 4) is 0 Å². The van der Waals surface area contributed by atoms with Crippen molar-refractivity contribution < 1.29 is 43.4 Å². The van der Waals surface area contributed by atoms with Crippen molar-refractivity contribution in [1.82, 2.24) is 19.5 Å². The van der Waals surface area contributed by atoms with Gasteiger partial charge in [-0.1, -0.05) is 0 Å². The summed E-state index contributed by atoms with van der Waals surface area (Å²) in [5.74, 6) is -1.88. The van der Waals surface area contributed by atoms with Crippen LogP contribution in [0.25, 0.3) is 11.2 Å². The molecule has 0 saturated carbocycles. The molecule has 16 heteroatoms. The van der Waals surface area contributed by atoms with Crippen LogP contribution in [-0.4, -0.2) is 66.5 Å². The number of ether oxygens (including phenoxy) is 1. The van der Waals surface area contributed by atoms with Crippen LogP contribution in [0, 0.1) is 0 Å². The molecule has 0 aliphatic carbocycles. The standard InChI is InChI=1S/C14H14N5O10P/c20-6-1-2-7(21)19(6)14-16-11-8(12(24)17-14)15-4-18(11)13-10(23)9(22)5(29-13)3-28-30(25,26)27/h1-2,4-5,9-10,13,22-23H,3H2,(H,16,17,24)(H2,25,26,27)/p-2. The lowest BCUT2D eigenvalue weighted by Gasteiger charge is -2.30. The third kappa shape index (κ3) is 3.48. The van der Waals surface area contributed by atoms with E-state index in [1.54, 1.807) is 0 Å². The number of aromatic amines is 1. The average molecular weight is 441 g/mol. The summed E-state index contributed by atoms with van der Waals surface area (Å²) in [4.78, 5) is 68.0. The molecule has 160 valence electrons. The minimum Gasteiger partial charge on any atom is -0.790 e. The Kier molecular flexibility index (Phi) is 4.90. The van der Waals surface area contributed by atoms with Crippen molar-refractivity contribution in [1.29, 1.82) is 0 Å². The minimum atomic E-state index is -5.35. The first-order valence-electron chi connectivity index (χ1n) is 8.28. The molecule has 2 aliphatic rings. The van der Waals surface area contributed by atoms with Crippen LogP contribution in [0.1, 0.15) is 6.23 Å². The van der Waals surface area contributed by atoms with Crippen LogP contribution in [0.5, 0.6) is 0 Å². The summed E-state index contributed by atoms with van der Waals surface area (Å²) in [5.41, 5.74) is -1.22. The van der Waals surface area contributed by atoms with Gasteiger partial charge in [0.1, 0.15) is 18.3 Å². The van der Waals surface area contributed by atoms with Crippen molar-refractivity contribution in [2.75, 3.05) is 11.5 Å². The molecule has 2 aromatic rings. The molecule has 1 saturated heterocycles. The van der Waals surface area contributed by atoms with Crippen LogP contribution in [0.4, 0.5) is 5.95 Å². The number of anilines is 1. The lowest BCUT2D eigenvalue weighted by Crippen LogP contribution is -2.34. The Morgan fingerprint density at radius 2 is 1.87 bits per heavy atom. The third-order valence-corrected chi connectivity index (χ3v) is 4.91. The predicted molar refractivity (Wildman–Crippen MR) is 89.3 cm³/mol. The van der Waals surface area contributed by atoms with E-state index >= 15 is 0 Å². The fourth-order valence-electron chi connectivity index (χ4n) is 3.08. The van der Waals surface area contributed by atoms with Crippen molar-refractivity contribution in [3.05, 3.63) is 28.8 Å². The number of hydrogen-bond donors (Lipinski definition) is 3. The Labute approximate surface area is 165 Å². The molecule has 2 aliphatic heterocycles. The maximum Gasteiger partial charge on any atom is 0.280 e. The zero-order valence-electron chi connectivity index (χ0n) is 14.6. The van der Waals surface area contributed by atoms with E-state index in [-0.39, 0.29) is 11.2 Å². The predicted octanol–water partition coefficient (Wildman–Crippen LogP) is -3.99. The number of carbonyl (C=O) groups is 2. The van der Waals surface area contributed by atoms with Crippen LogP contribution in [0.3, 0.4) is 0 Å². The van der Waals surface area contributed by atoms with Crippen LogP contribution in [0.2, 0.25) is 0 Å². The summed E-state index contributed by atoms with van der Waals surface area (Å²) in [7, 11) is -5.35. The Balaban J connectivity index is 1.69. The smallest absolute Gasteiger partial charge is 0.280 e. The van der Waals surface area contributed by atoms with E-state index in [1.165, 1.54) is 0 Å². The second-order valence-corrected chi connectivity index (χ2v) is 7.50. The summed E-state index contributed by atoms with van der Waals surface area (Å²) < 4.78 is 21.1. The fourth-order valence-corrected chi connectivity index (χ4v) is 3.41. The zero-order chi connectivity index (χ0) is 21.8. The number of aliphatic hydroxyl groups is 2. The average Bonchev–Trinajstić information content (AvgIpc) is 3.30. The number of fused-ring (bicyclic) bond motifs is 1. The first kappa shape index (κ1) is 20.5. The molecule has 3 N–H and O–H groups in total. The van der Waals surface area contributed by atoms with Gasteiger partial charge in [-0.15, -0.1) is 0 Å². The van der Waals surface area contributed by atoms with Crippen LogP contribution in [-0.2, 0) is 23.4 Å². The lowest BCUT2D eigenvalue weighted by molar-refractivity contribution is -0.343. The van der Waals surface area contributed by atoms with Gasteiger partial charge in [-0.25, -0.2) is 9.88 Å². The molecule has 0 radical (unpaired) electrons. The van der Waals surface area contributed by atoms with Gasteiger partial charge in [0.2, 0.25) is 5.95 Å². The van der Waals surface area contributed by atoms with E-state index in [9.17, 15) is 38.9 Å². The maximum atomic E-state index is 12.3. The number of rotatable bonds is 5. The number of nitrogens with one attached hydrogen (secondary N) is 1. The fraction of sp³-hybridized carbons (Fsp3) is 0.357. The molecule has 30 heavy (non-hydrogen) atoms. The SMILES string of the molecule is O=C1C=CC(=O)N1c1nc2c(ncn2C2OC(COP(=O)([O-])[O-])C(O)C2O)c(=O)[nH]1. The van der Waals surface area contributed by atoms with Crippen molar-refractivity contribution in [2.24, 2.45) is 0 Å². The van der Waals surface area contributed by atoms with Gasteiger partial charge in [0.05, 0.1) is 20.8 Å². The number of phosphoric acid groups is 1. The number of aliphatic hydroxyl groups excluding tert-OH is 2. The Morgan fingerprint density at radius 3 is 2.50 bits per heavy atom. The van der Waals surface area contributed by atoms with Gasteiger partial charge >= 0.3 is 0 Å². The molecule has 4 heterocycles. The maximum absolute atomic E-state index is 12.3. The molecular formula is C14H12N5O10P-2. The largest absolute Gasteiger partial charge is 0.790 e. The molecule has 15 nitrogen and oxygen atoms in total. The van der Waals surface area contributed by atoms with Crippen LogP contribution in [0.15, 0.2) is 23.3 Å². The van der Waals surface area contributed by atoms with Crippen LogP contribution >= 0.6 is 7.82 Å². The summed E-state index contributed by atoms with van der Waals surface area (Å²) in [6.07, 6.45) is -3.06. The summed E-state index contributed by atoms with van der Waals surface area (Å²) in [6, 6.07) is 0. The Hall–Kier alpha value is -2.78. The van der Waals surface area contributed by atoms with E-state index in [0.29, 0.717) is 4.90 Å². The van der Waals surface area contributed by atoms with Gasteiger partial charge in [0.25, 0.3) is 17.4 Å². The molecule has 4 unspecified atom stereocenters. The topological polar surface area (TPSA) is 223 Å². The molecule has 0 aromatic carbocycles. The highest BCUT2D eigenvalue weighted by Crippen LogP contribution is 2.34. The lowest BCUT2D eigenvalue weighted by atomic mass is 10.1.